The second-order valence-electron chi connectivity index (χ2n) is 9.15. The van der Waals surface area contributed by atoms with Gasteiger partial charge in [-0.15, -0.1) is 10.2 Å². The fraction of sp³-hybridized carbons (Fsp3) is 0.545. The summed E-state index contributed by atoms with van der Waals surface area (Å²) in [7, 11) is 0. The molecule has 9 nitrogen and oxygen atoms in total. The Balaban J connectivity index is 2.21. The van der Waals surface area contributed by atoms with Gasteiger partial charge in [0.25, 0.3) is 18.2 Å². The van der Waals surface area contributed by atoms with E-state index in [9.17, 15) is 31.9 Å². The first-order valence-corrected chi connectivity index (χ1v) is 10.9. The molecule has 2 atom stereocenters. The largest absolute Gasteiger partial charge is 0.474 e. The van der Waals surface area contributed by atoms with E-state index in [2.05, 4.69) is 20.5 Å². The van der Waals surface area contributed by atoms with Crippen molar-refractivity contribution in [3.05, 3.63) is 29.7 Å². The zero-order valence-electron chi connectivity index (χ0n) is 19.8. The van der Waals surface area contributed by atoms with Gasteiger partial charge in [-0.3, -0.25) is 5.32 Å². The highest BCUT2D eigenvalue weighted by Gasteiger charge is 2.58. The van der Waals surface area contributed by atoms with E-state index in [0.717, 1.165) is 6.07 Å². The number of halogens is 5. The lowest BCUT2D eigenvalue weighted by atomic mass is 9.96. The minimum absolute atomic E-state index is 0.153. The number of alkyl halides is 5. The molecule has 0 saturated heterocycles. The van der Waals surface area contributed by atoms with Crippen LogP contribution in [0.2, 0.25) is 0 Å². The predicted molar refractivity (Wildman–Crippen MR) is 115 cm³/mol. The van der Waals surface area contributed by atoms with Crippen LogP contribution in [0, 0.1) is 0 Å². The summed E-state index contributed by atoms with van der Waals surface area (Å²) < 4.78 is 85.0. The van der Waals surface area contributed by atoms with Crippen LogP contribution in [0.15, 0.2) is 22.6 Å². The van der Waals surface area contributed by atoms with E-state index < -0.39 is 77.0 Å². The molecule has 198 valence electrons. The molecule has 1 aliphatic heterocycles. The number of ether oxygens (including phenoxy) is 2. The van der Waals surface area contributed by atoms with E-state index in [1.807, 2.05) is 0 Å². The van der Waals surface area contributed by atoms with E-state index in [0.29, 0.717) is 0 Å². The molecule has 2 aromatic rings. The van der Waals surface area contributed by atoms with Gasteiger partial charge in [0.15, 0.2) is 5.69 Å². The Morgan fingerprint density at radius 2 is 1.94 bits per heavy atom. The van der Waals surface area contributed by atoms with Crippen LogP contribution in [-0.2, 0) is 10.3 Å². The predicted octanol–water partition coefficient (Wildman–Crippen LogP) is 5.67. The number of nitrogens with zero attached hydrogens (tertiary/aromatic N) is 3. The van der Waals surface area contributed by atoms with E-state index >= 15 is 0 Å². The topological polar surface area (TPSA) is 120 Å². The summed E-state index contributed by atoms with van der Waals surface area (Å²) in [6.45, 7) is 6.25. The second-order valence-corrected chi connectivity index (χ2v) is 9.15. The summed E-state index contributed by atoms with van der Waals surface area (Å²) in [5.74, 6) is -2.39. The van der Waals surface area contributed by atoms with Crippen LogP contribution < -0.4 is 10.1 Å². The van der Waals surface area contributed by atoms with E-state index in [4.69, 9.17) is 13.9 Å². The number of hydrogen-bond donors (Lipinski definition) is 2. The fourth-order valence-corrected chi connectivity index (χ4v) is 3.23. The Morgan fingerprint density at radius 3 is 2.56 bits per heavy atom. The zero-order chi connectivity index (χ0) is 26.9. The van der Waals surface area contributed by atoms with Gasteiger partial charge in [0.05, 0.1) is 11.3 Å². The van der Waals surface area contributed by atoms with Crippen molar-refractivity contribution in [1.82, 2.24) is 15.2 Å². The van der Waals surface area contributed by atoms with Crippen molar-refractivity contribution in [3.8, 4) is 17.5 Å². The van der Waals surface area contributed by atoms with Crippen molar-refractivity contribution < 1.29 is 45.7 Å². The molecule has 0 spiro atoms. The fourth-order valence-electron chi connectivity index (χ4n) is 3.23. The lowest BCUT2D eigenvalue weighted by Crippen LogP contribution is -2.42. The highest BCUT2D eigenvalue weighted by molar-refractivity contribution is 5.89. The Morgan fingerprint density at radius 1 is 1.25 bits per heavy atom. The summed E-state index contributed by atoms with van der Waals surface area (Å²) in [5.41, 5.74) is -6.00. The number of aromatic nitrogens is 3. The molecule has 3 heterocycles. The molecule has 2 aromatic heterocycles. The maximum absolute atomic E-state index is 13.9. The summed E-state index contributed by atoms with van der Waals surface area (Å²) in [6.07, 6.45) is -8.02. The van der Waals surface area contributed by atoms with Gasteiger partial charge in [-0.25, -0.2) is 18.6 Å². The number of hydrogen-bond acceptors (Lipinski definition) is 8. The number of nitrogens with one attached hydrogen (secondary N) is 1. The monoisotopic (exact) mass is 520 g/mol. The average Bonchev–Trinajstić information content (AvgIpc) is 3.21. The number of fused-ring (bicyclic) bond motifs is 5. The first-order valence-electron chi connectivity index (χ1n) is 10.9. The Bertz CT molecular complexity index is 1130. The van der Waals surface area contributed by atoms with E-state index in [1.54, 1.807) is 27.7 Å². The number of amides is 1. The summed E-state index contributed by atoms with van der Waals surface area (Å²) in [4.78, 5) is 16.3. The number of carbonyl (C=O) groups is 1. The molecule has 0 aromatic carbocycles. The van der Waals surface area contributed by atoms with Crippen LogP contribution >= 0.6 is 0 Å². The molecule has 1 unspecified atom stereocenters. The van der Waals surface area contributed by atoms with Crippen molar-refractivity contribution in [1.29, 1.82) is 0 Å². The third-order valence-corrected chi connectivity index (χ3v) is 4.96. The minimum atomic E-state index is -5.17. The number of anilines is 1. The summed E-state index contributed by atoms with van der Waals surface area (Å²) in [6, 6.07) is 0.834. The van der Waals surface area contributed by atoms with Gasteiger partial charge in [0.1, 0.15) is 11.7 Å². The maximum atomic E-state index is 13.9. The normalized spacial score (nSPS) is 21.9. The number of allylic oxidation sites excluding steroid dienone is 1. The molecular weight excluding hydrogens is 495 g/mol. The molecule has 2 N–H and O–H groups in total. The van der Waals surface area contributed by atoms with Crippen molar-refractivity contribution in [3.63, 3.8) is 0 Å². The van der Waals surface area contributed by atoms with Crippen molar-refractivity contribution >= 4 is 11.8 Å². The smallest absolute Gasteiger partial charge is 0.426 e. The van der Waals surface area contributed by atoms with Gasteiger partial charge in [-0.05, 0) is 46.6 Å². The van der Waals surface area contributed by atoms with Crippen LogP contribution in [0.25, 0.3) is 11.6 Å². The van der Waals surface area contributed by atoms with Gasteiger partial charge in [0, 0.05) is 6.42 Å². The van der Waals surface area contributed by atoms with Crippen molar-refractivity contribution in [2.45, 2.75) is 76.9 Å². The Kier molecular flexibility index (Phi) is 7.58. The highest BCUT2D eigenvalue weighted by atomic mass is 19.4. The molecule has 4 bridgehead atoms. The summed E-state index contributed by atoms with van der Waals surface area (Å²) in [5, 5.41) is 19.6. The minimum Gasteiger partial charge on any atom is -0.474 e. The SMILES string of the molecule is C[C@@H]1C/C=C\CCC(O)(C(F)(F)F)c2nnc(o2)-c2nc(c(C(F)F)cc2NC(=O)OC(C)(C)C)O1. The number of rotatable bonds is 2. The standard InChI is InChI=1S/C22H25F5N4O5/c1-11-8-6-5-7-9-21(33,22(25,26)27)18-31-30-17(35-18)14-13(28-19(32)36-20(2,3)4)10-12(15(23)24)16(29-14)34-11/h5-6,10-11,15,33H,7-9H2,1-4H3,(H,28,32)/b6-5-/t11-,21?/m1/s1. The van der Waals surface area contributed by atoms with Crippen LogP contribution in [0.3, 0.4) is 0 Å². The molecule has 0 fully saturated rings. The first kappa shape index (κ1) is 27.3. The van der Waals surface area contributed by atoms with Gasteiger partial charge in [-0.1, -0.05) is 12.2 Å². The first-order chi connectivity index (χ1) is 16.6. The molecule has 14 heteroatoms. The van der Waals surface area contributed by atoms with E-state index in [-0.39, 0.29) is 12.8 Å². The molecule has 0 radical (unpaired) electrons. The Hall–Kier alpha value is -3.29. The van der Waals surface area contributed by atoms with Gasteiger partial charge < -0.3 is 19.0 Å². The zero-order valence-corrected chi connectivity index (χ0v) is 19.8. The molecular formula is C22H25F5N4O5. The highest BCUT2D eigenvalue weighted by Crippen LogP contribution is 2.43. The second kappa shape index (κ2) is 9.99. The molecule has 36 heavy (non-hydrogen) atoms. The van der Waals surface area contributed by atoms with Crippen molar-refractivity contribution in [2.24, 2.45) is 0 Å². The third kappa shape index (κ3) is 6.09. The Labute approximate surface area is 202 Å². The van der Waals surface area contributed by atoms with Crippen LogP contribution in [0.4, 0.5) is 32.4 Å². The van der Waals surface area contributed by atoms with Gasteiger partial charge in [0.2, 0.25) is 11.5 Å². The summed E-state index contributed by atoms with van der Waals surface area (Å²) >= 11 is 0. The quantitative estimate of drug-likeness (QED) is 0.384. The molecule has 0 aliphatic carbocycles. The molecule has 1 aliphatic rings. The van der Waals surface area contributed by atoms with Gasteiger partial charge >= 0.3 is 12.3 Å². The third-order valence-electron chi connectivity index (χ3n) is 4.96. The lowest BCUT2D eigenvalue weighted by Gasteiger charge is -2.26. The van der Waals surface area contributed by atoms with Crippen LogP contribution in [0.5, 0.6) is 5.88 Å². The number of carbonyl (C=O) groups excluding carboxylic acids is 1. The number of pyridine rings is 1. The number of aliphatic hydroxyl groups is 1. The van der Waals surface area contributed by atoms with E-state index in [1.165, 1.54) is 12.2 Å². The lowest BCUT2D eigenvalue weighted by molar-refractivity contribution is -0.276. The average molecular weight is 520 g/mol. The molecule has 0 saturated carbocycles. The molecule has 3 rings (SSSR count). The van der Waals surface area contributed by atoms with Crippen LogP contribution in [-0.4, -0.2) is 44.3 Å². The van der Waals surface area contributed by atoms with Gasteiger partial charge in [-0.2, -0.15) is 13.2 Å². The maximum Gasteiger partial charge on any atom is 0.426 e. The molecule has 1 amide bonds. The van der Waals surface area contributed by atoms with Crippen LogP contribution in [0.1, 0.15) is 64.8 Å². The van der Waals surface area contributed by atoms with Crippen molar-refractivity contribution in [2.75, 3.05) is 5.32 Å².